The van der Waals surface area contributed by atoms with Gasteiger partial charge >= 0.3 is 0 Å². The van der Waals surface area contributed by atoms with Crippen LogP contribution >= 0.6 is 15.9 Å². The van der Waals surface area contributed by atoms with Crippen molar-refractivity contribution in [2.75, 3.05) is 14.2 Å². The number of rotatable bonds is 7. The van der Waals surface area contributed by atoms with Crippen molar-refractivity contribution < 1.29 is 17.9 Å². The Morgan fingerprint density at radius 3 is 2.50 bits per heavy atom. The first-order chi connectivity index (χ1) is 11.3. The van der Waals surface area contributed by atoms with Gasteiger partial charge in [0.2, 0.25) is 10.0 Å². The van der Waals surface area contributed by atoms with Gasteiger partial charge in [0.25, 0.3) is 0 Å². The normalized spacial score (nSPS) is 12.7. The van der Waals surface area contributed by atoms with Gasteiger partial charge in [-0.25, -0.2) is 13.1 Å². The van der Waals surface area contributed by atoms with E-state index in [0.717, 1.165) is 10.0 Å². The second-order valence-electron chi connectivity index (χ2n) is 5.34. The molecule has 0 spiro atoms. The van der Waals surface area contributed by atoms with Crippen LogP contribution < -0.4 is 14.2 Å². The number of hydrogen-bond donors (Lipinski definition) is 1. The van der Waals surface area contributed by atoms with E-state index in [1.165, 1.54) is 0 Å². The van der Waals surface area contributed by atoms with E-state index >= 15 is 0 Å². The molecule has 0 heterocycles. The van der Waals surface area contributed by atoms with Gasteiger partial charge in [0.05, 0.1) is 20.0 Å². The largest absolute Gasteiger partial charge is 0.497 e. The quantitative estimate of drug-likeness (QED) is 0.752. The number of ether oxygens (including phenoxy) is 2. The summed E-state index contributed by atoms with van der Waals surface area (Å²) in [6.45, 7) is 1.77. The average Bonchev–Trinajstić information content (AvgIpc) is 2.53. The zero-order valence-corrected chi connectivity index (χ0v) is 16.1. The number of benzene rings is 2. The number of nitrogens with one attached hydrogen (secondary N) is 1. The molecule has 2 aromatic rings. The minimum Gasteiger partial charge on any atom is -0.497 e. The zero-order chi connectivity index (χ0) is 17.7. The molecular weight excluding hydrogens is 394 g/mol. The Bertz CT molecular complexity index is 808. The van der Waals surface area contributed by atoms with E-state index in [2.05, 4.69) is 20.7 Å². The lowest BCUT2D eigenvalue weighted by atomic mass is 10.1. The predicted octanol–water partition coefficient (Wildman–Crippen LogP) is 3.65. The Morgan fingerprint density at radius 2 is 1.88 bits per heavy atom. The third-order valence-corrected chi connectivity index (χ3v) is 5.42. The molecule has 130 valence electrons. The van der Waals surface area contributed by atoms with E-state index in [0.29, 0.717) is 17.1 Å². The molecule has 0 fully saturated rings. The molecular formula is C17H20BrNO4S. The van der Waals surface area contributed by atoms with E-state index in [1.54, 1.807) is 51.5 Å². The molecule has 0 aromatic heterocycles. The molecule has 7 heteroatoms. The van der Waals surface area contributed by atoms with Crippen molar-refractivity contribution in [3.63, 3.8) is 0 Å². The van der Waals surface area contributed by atoms with Gasteiger partial charge in [0.15, 0.2) is 0 Å². The van der Waals surface area contributed by atoms with Crippen LogP contribution in [-0.2, 0) is 15.8 Å². The first-order valence-corrected chi connectivity index (χ1v) is 9.75. The van der Waals surface area contributed by atoms with Crippen molar-refractivity contribution in [3.8, 4) is 11.5 Å². The fourth-order valence-electron chi connectivity index (χ4n) is 2.40. The van der Waals surface area contributed by atoms with E-state index in [1.807, 2.05) is 12.1 Å². The van der Waals surface area contributed by atoms with Gasteiger partial charge in [0, 0.05) is 16.1 Å². The van der Waals surface area contributed by atoms with Crippen molar-refractivity contribution in [1.29, 1.82) is 0 Å². The molecule has 0 radical (unpaired) electrons. The Morgan fingerprint density at radius 1 is 1.12 bits per heavy atom. The molecule has 0 aliphatic rings. The second-order valence-corrected chi connectivity index (χ2v) is 8.01. The monoisotopic (exact) mass is 413 g/mol. The SMILES string of the molecule is COc1ccc(OC)c([C@H](C)NS(=O)(=O)Cc2cccc(Br)c2)c1. The van der Waals surface area contributed by atoms with Gasteiger partial charge in [-0.2, -0.15) is 0 Å². The number of methoxy groups -OCH3 is 2. The van der Waals surface area contributed by atoms with Crippen molar-refractivity contribution in [2.45, 2.75) is 18.7 Å². The van der Waals surface area contributed by atoms with Crippen molar-refractivity contribution >= 4 is 26.0 Å². The van der Waals surface area contributed by atoms with Crippen molar-refractivity contribution in [1.82, 2.24) is 4.72 Å². The fourth-order valence-corrected chi connectivity index (χ4v) is 4.21. The molecule has 2 aromatic carbocycles. The molecule has 0 saturated carbocycles. The minimum atomic E-state index is -3.51. The van der Waals surface area contributed by atoms with Crippen LogP contribution in [0.4, 0.5) is 0 Å². The lowest BCUT2D eigenvalue weighted by Gasteiger charge is -2.18. The lowest BCUT2D eigenvalue weighted by Crippen LogP contribution is -2.28. The summed E-state index contributed by atoms with van der Waals surface area (Å²) in [5.74, 6) is 1.15. The predicted molar refractivity (Wildman–Crippen MR) is 97.9 cm³/mol. The van der Waals surface area contributed by atoms with Gasteiger partial charge in [-0.05, 0) is 42.8 Å². The summed E-state index contributed by atoms with van der Waals surface area (Å²) in [5, 5.41) is 0. The van der Waals surface area contributed by atoms with Crippen LogP contribution in [0.5, 0.6) is 11.5 Å². The summed E-state index contributed by atoms with van der Waals surface area (Å²) in [5.41, 5.74) is 1.43. The number of sulfonamides is 1. The van der Waals surface area contributed by atoms with Gasteiger partial charge in [-0.1, -0.05) is 28.1 Å². The van der Waals surface area contributed by atoms with Gasteiger partial charge in [-0.15, -0.1) is 0 Å². The highest BCUT2D eigenvalue weighted by Crippen LogP contribution is 2.29. The Balaban J connectivity index is 2.20. The summed E-state index contributed by atoms with van der Waals surface area (Å²) >= 11 is 3.35. The van der Waals surface area contributed by atoms with E-state index in [-0.39, 0.29) is 5.75 Å². The van der Waals surface area contributed by atoms with Crippen LogP contribution in [0.1, 0.15) is 24.1 Å². The van der Waals surface area contributed by atoms with Crippen LogP contribution in [0.25, 0.3) is 0 Å². The summed E-state index contributed by atoms with van der Waals surface area (Å²) in [7, 11) is -0.398. The molecule has 1 atom stereocenters. The zero-order valence-electron chi connectivity index (χ0n) is 13.7. The maximum absolute atomic E-state index is 12.5. The van der Waals surface area contributed by atoms with E-state index in [4.69, 9.17) is 9.47 Å². The summed E-state index contributed by atoms with van der Waals surface area (Å²) in [4.78, 5) is 0. The van der Waals surface area contributed by atoms with E-state index < -0.39 is 16.1 Å². The van der Waals surface area contributed by atoms with Crippen LogP contribution in [0, 0.1) is 0 Å². The Kier molecular flexibility index (Phi) is 6.26. The summed E-state index contributed by atoms with van der Waals surface area (Å²) < 4.78 is 39.0. The third kappa shape index (κ3) is 4.96. The van der Waals surface area contributed by atoms with Crippen LogP contribution in [0.15, 0.2) is 46.9 Å². The van der Waals surface area contributed by atoms with Crippen LogP contribution in [0.2, 0.25) is 0 Å². The number of halogens is 1. The topological polar surface area (TPSA) is 64.6 Å². The Hall–Kier alpha value is -1.57. The third-order valence-electron chi connectivity index (χ3n) is 3.51. The molecule has 0 bridgehead atoms. The van der Waals surface area contributed by atoms with E-state index in [9.17, 15) is 8.42 Å². The molecule has 0 unspecified atom stereocenters. The van der Waals surface area contributed by atoms with Crippen LogP contribution in [0.3, 0.4) is 0 Å². The van der Waals surface area contributed by atoms with Crippen LogP contribution in [-0.4, -0.2) is 22.6 Å². The standard InChI is InChI=1S/C17H20BrNO4S/c1-12(16-10-15(22-2)7-8-17(16)23-3)19-24(20,21)11-13-5-4-6-14(18)9-13/h4-10,12,19H,11H2,1-3H3/t12-/m0/s1. The molecule has 0 aliphatic heterocycles. The Labute approximate surface area is 151 Å². The molecule has 2 rings (SSSR count). The first-order valence-electron chi connectivity index (χ1n) is 7.31. The average molecular weight is 414 g/mol. The highest BCUT2D eigenvalue weighted by molar-refractivity contribution is 9.10. The van der Waals surface area contributed by atoms with Crippen molar-refractivity contribution in [3.05, 3.63) is 58.1 Å². The number of hydrogen-bond acceptors (Lipinski definition) is 4. The maximum atomic E-state index is 12.5. The lowest BCUT2D eigenvalue weighted by molar-refractivity contribution is 0.395. The molecule has 24 heavy (non-hydrogen) atoms. The molecule has 1 N–H and O–H groups in total. The molecule has 0 saturated heterocycles. The van der Waals surface area contributed by atoms with Gasteiger partial charge in [0.1, 0.15) is 11.5 Å². The highest BCUT2D eigenvalue weighted by Gasteiger charge is 2.20. The molecule has 0 aliphatic carbocycles. The summed E-state index contributed by atoms with van der Waals surface area (Å²) in [6, 6.07) is 12.1. The maximum Gasteiger partial charge on any atom is 0.216 e. The first kappa shape index (κ1) is 18.8. The highest BCUT2D eigenvalue weighted by atomic mass is 79.9. The summed E-state index contributed by atoms with van der Waals surface area (Å²) in [6.07, 6.45) is 0. The second kappa shape index (κ2) is 8.00. The van der Waals surface area contributed by atoms with Gasteiger partial charge in [-0.3, -0.25) is 0 Å². The molecule has 5 nitrogen and oxygen atoms in total. The smallest absolute Gasteiger partial charge is 0.216 e. The molecule has 0 amide bonds. The minimum absolute atomic E-state index is 0.0942. The van der Waals surface area contributed by atoms with Crippen molar-refractivity contribution in [2.24, 2.45) is 0 Å². The van der Waals surface area contributed by atoms with Gasteiger partial charge < -0.3 is 9.47 Å². The fraction of sp³-hybridized carbons (Fsp3) is 0.294.